The lowest BCUT2D eigenvalue weighted by Crippen LogP contribution is -2.36. The Bertz CT molecular complexity index is 691. The van der Waals surface area contributed by atoms with Crippen molar-refractivity contribution >= 4 is 45.5 Å². The first-order valence-electron chi connectivity index (χ1n) is 6.43. The summed E-state index contributed by atoms with van der Waals surface area (Å²) in [5, 5.41) is 2.47. The molecule has 0 radical (unpaired) electrons. The lowest BCUT2D eigenvalue weighted by Gasteiger charge is -2.20. The highest BCUT2D eigenvalue weighted by Gasteiger charge is 2.32. The van der Waals surface area contributed by atoms with Crippen LogP contribution in [-0.2, 0) is 9.84 Å². The molecule has 0 unspecified atom stereocenters. The van der Waals surface area contributed by atoms with E-state index in [9.17, 15) is 21.6 Å². The SMILES string of the molecule is CC(C)(CN=C(N)Nc1ccccc1OC(F)(F)F)S(C)(=O)=O.I. The molecule has 1 rings (SSSR count). The molecule has 24 heavy (non-hydrogen) atoms. The Labute approximate surface area is 155 Å². The van der Waals surface area contributed by atoms with Crippen LogP contribution < -0.4 is 15.8 Å². The van der Waals surface area contributed by atoms with Crippen LogP contribution in [0.3, 0.4) is 0 Å². The van der Waals surface area contributed by atoms with Gasteiger partial charge in [0.1, 0.15) is 0 Å². The lowest BCUT2D eigenvalue weighted by molar-refractivity contribution is -0.274. The number of ether oxygens (including phenoxy) is 1. The quantitative estimate of drug-likeness (QED) is 0.384. The number of alkyl halides is 3. The van der Waals surface area contributed by atoms with Gasteiger partial charge in [-0.2, -0.15) is 0 Å². The molecular weight excluding hydrogens is 462 g/mol. The van der Waals surface area contributed by atoms with Gasteiger partial charge >= 0.3 is 6.36 Å². The summed E-state index contributed by atoms with van der Waals surface area (Å²) in [5.74, 6) is -0.694. The van der Waals surface area contributed by atoms with Crippen LogP contribution in [0.1, 0.15) is 13.8 Å². The summed E-state index contributed by atoms with van der Waals surface area (Å²) in [7, 11) is -3.37. The number of hydrogen-bond acceptors (Lipinski definition) is 4. The molecule has 11 heteroatoms. The van der Waals surface area contributed by atoms with Crippen LogP contribution in [0.15, 0.2) is 29.3 Å². The Morgan fingerprint density at radius 1 is 1.29 bits per heavy atom. The summed E-state index contributed by atoms with van der Waals surface area (Å²) >= 11 is 0. The number of halogens is 4. The van der Waals surface area contributed by atoms with Crippen LogP contribution in [0.2, 0.25) is 0 Å². The van der Waals surface area contributed by atoms with Gasteiger partial charge in [0.05, 0.1) is 17.0 Å². The molecule has 0 atom stereocenters. The van der Waals surface area contributed by atoms with Crippen LogP contribution in [0.25, 0.3) is 0 Å². The molecule has 0 bridgehead atoms. The molecule has 0 spiro atoms. The molecule has 138 valence electrons. The molecule has 0 heterocycles. The summed E-state index contributed by atoms with van der Waals surface area (Å²) in [5.41, 5.74) is 5.56. The zero-order valence-electron chi connectivity index (χ0n) is 13.2. The number of nitrogens with two attached hydrogens (primary N) is 1. The summed E-state index contributed by atoms with van der Waals surface area (Å²) in [6.45, 7) is 2.80. The molecule has 0 aliphatic heterocycles. The zero-order chi connectivity index (χ0) is 17.9. The zero-order valence-corrected chi connectivity index (χ0v) is 16.4. The predicted octanol–water partition coefficient (Wildman–Crippen LogP) is 2.75. The van der Waals surface area contributed by atoms with Gasteiger partial charge in [0.15, 0.2) is 21.5 Å². The summed E-state index contributed by atoms with van der Waals surface area (Å²) < 4.78 is 62.8. The Balaban J connectivity index is 0.00000529. The van der Waals surface area contributed by atoms with Gasteiger partial charge in [-0.05, 0) is 26.0 Å². The van der Waals surface area contributed by atoms with Crippen LogP contribution in [-0.4, -0.2) is 38.3 Å². The van der Waals surface area contributed by atoms with Gasteiger partial charge < -0.3 is 15.8 Å². The van der Waals surface area contributed by atoms with Crippen molar-refractivity contribution in [1.82, 2.24) is 0 Å². The molecule has 0 aromatic heterocycles. The molecular formula is C13H19F3IN3O3S. The van der Waals surface area contributed by atoms with Gasteiger partial charge in [-0.3, -0.25) is 4.99 Å². The number of anilines is 1. The first kappa shape index (κ1) is 22.8. The van der Waals surface area contributed by atoms with E-state index in [0.717, 1.165) is 12.3 Å². The van der Waals surface area contributed by atoms with Crippen molar-refractivity contribution in [3.8, 4) is 5.75 Å². The van der Waals surface area contributed by atoms with Gasteiger partial charge in [-0.15, -0.1) is 37.1 Å². The molecule has 0 aliphatic rings. The van der Waals surface area contributed by atoms with E-state index >= 15 is 0 Å². The lowest BCUT2D eigenvalue weighted by atomic mass is 10.2. The van der Waals surface area contributed by atoms with Crippen molar-refractivity contribution in [3.05, 3.63) is 24.3 Å². The minimum Gasteiger partial charge on any atom is -0.404 e. The summed E-state index contributed by atoms with van der Waals surface area (Å²) in [4.78, 5) is 3.86. The third kappa shape index (κ3) is 7.11. The summed E-state index contributed by atoms with van der Waals surface area (Å²) in [6, 6.07) is 5.29. The van der Waals surface area contributed by atoms with Crippen molar-refractivity contribution in [1.29, 1.82) is 0 Å². The molecule has 1 aromatic carbocycles. The van der Waals surface area contributed by atoms with Gasteiger partial charge in [-0.25, -0.2) is 8.42 Å². The van der Waals surface area contributed by atoms with Crippen LogP contribution in [0.5, 0.6) is 5.75 Å². The molecule has 3 N–H and O–H groups in total. The normalized spacial score (nSPS) is 13.2. The van der Waals surface area contributed by atoms with Gasteiger partial charge in [0.2, 0.25) is 0 Å². The number of para-hydroxylation sites is 2. The number of hydrogen-bond donors (Lipinski definition) is 2. The smallest absolute Gasteiger partial charge is 0.404 e. The van der Waals surface area contributed by atoms with Crippen molar-refractivity contribution in [2.75, 3.05) is 18.1 Å². The highest BCUT2D eigenvalue weighted by molar-refractivity contribution is 14.0. The topological polar surface area (TPSA) is 93.8 Å². The number of aliphatic imine (C=N–C) groups is 1. The van der Waals surface area contributed by atoms with E-state index in [1.807, 2.05) is 0 Å². The molecule has 6 nitrogen and oxygen atoms in total. The monoisotopic (exact) mass is 481 g/mol. The largest absolute Gasteiger partial charge is 0.573 e. The average molecular weight is 481 g/mol. The van der Waals surface area contributed by atoms with Crippen molar-refractivity contribution in [3.63, 3.8) is 0 Å². The Morgan fingerprint density at radius 2 is 1.83 bits per heavy atom. The molecule has 0 saturated heterocycles. The highest BCUT2D eigenvalue weighted by atomic mass is 127. The Morgan fingerprint density at radius 3 is 2.33 bits per heavy atom. The molecule has 1 aromatic rings. The van der Waals surface area contributed by atoms with Crippen molar-refractivity contribution < 1.29 is 26.3 Å². The fourth-order valence-corrected chi connectivity index (χ4v) is 1.65. The van der Waals surface area contributed by atoms with Gasteiger partial charge in [-0.1, -0.05) is 12.1 Å². The molecule has 0 saturated carbocycles. The maximum Gasteiger partial charge on any atom is 0.573 e. The van der Waals surface area contributed by atoms with Gasteiger partial charge in [0, 0.05) is 6.26 Å². The number of sulfone groups is 1. The molecule has 0 amide bonds. The fraction of sp³-hybridized carbons (Fsp3) is 0.462. The minimum absolute atomic E-state index is 0. The molecule has 0 fully saturated rings. The van der Waals surface area contributed by atoms with E-state index in [1.165, 1.54) is 32.0 Å². The van der Waals surface area contributed by atoms with Crippen LogP contribution in [0.4, 0.5) is 18.9 Å². The van der Waals surface area contributed by atoms with E-state index in [1.54, 1.807) is 0 Å². The van der Waals surface area contributed by atoms with E-state index in [2.05, 4.69) is 15.0 Å². The number of benzene rings is 1. The predicted molar refractivity (Wildman–Crippen MR) is 97.6 cm³/mol. The van der Waals surface area contributed by atoms with Crippen LogP contribution >= 0.6 is 24.0 Å². The van der Waals surface area contributed by atoms with Crippen molar-refractivity contribution in [2.24, 2.45) is 10.7 Å². The van der Waals surface area contributed by atoms with E-state index in [0.29, 0.717) is 0 Å². The highest BCUT2D eigenvalue weighted by Crippen LogP contribution is 2.29. The number of nitrogens with one attached hydrogen (secondary N) is 1. The average Bonchev–Trinajstić information content (AvgIpc) is 2.36. The second-order valence-electron chi connectivity index (χ2n) is 5.40. The third-order valence-corrected chi connectivity index (χ3v) is 5.15. The number of nitrogens with zero attached hydrogens (tertiary/aromatic N) is 1. The Kier molecular flexibility index (Phi) is 7.80. The fourth-order valence-electron chi connectivity index (χ4n) is 1.35. The van der Waals surface area contributed by atoms with E-state index < -0.39 is 26.7 Å². The first-order valence-corrected chi connectivity index (χ1v) is 8.32. The maximum absolute atomic E-state index is 12.3. The maximum atomic E-state index is 12.3. The molecule has 0 aliphatic carbocycles. The number of guanidine groups is 1. The van der Waals surface area contributed by atoms with E-state index in [4.69, 9.17) is 5.73 Å². The van der Waals surface area contributed by atoms with Crippen LogP contribution in [0, 0.1) is 0 Å². The number of rotatable bonds is 5. The minimum atomic E-state index is -4.85. The van der Waals surface area contributed by atoms with E-state index in [-0.39, 0.29) is 42.2 Å². The first-order chi connectivity index (χ1) is 10.3. The second kappa shape index (κ2) is 8.23. The summed E-state index contributed by atoms with van der Waals surface area (Å²) in [6.07, 6.45) is -3.78. The third-order valence-electron chi connectivity index (χ3n) is 3.01. The standard InChI is InChI=1S/C13H18F3N3O3S.HI/c1-12(2,23(3,20)21)8-18-11(17)19-9-6-4-5-7-10(9)22-13(14,15)16;/h4-7H,8H2,1-3H3,(H3,17,18,19);1H. The second-order valence-corrected chi connectivity index (χ2v) is 8.05. The van der Waals surface area contributed by atoms with Gasteiger partial charge in [0.25, 0.3) is 0 Å². The Hall–Kier alpha value is -1.24. The van der Waals surface area contributed by atoms with Crippen molar-refractivity contribution in [2.45, 2.75) is 25.0 Å².